The smallest absolute Gasteiger partial charge is 0.119 e. The number of benzene rings is 3. The summed E-state index contributed by atoms with van der Waals surface area (Å²) in [4.78, 5) is 3.34. The highest BCUT2D eigenvalue weighted by Gasteiger charge is 2.05. The van der Waals surface area contributed by atoms with Gasteiger partial charge in [-0.3, -0.25) is 0 Å². The number of ether oxygens (including phenoxy) is 1. The first-order chi connectivity index (χ1) is 13.8. The van der Waals surface area contributed by atoms with E-state index in [1.54, 1.807) is 7.11 Å². The lowest BCUT2D eigenvalue weighted by molar-refractivity contribution is 0.415. The molecule has 0 atom stereocenters. The SMILES string of the molecule is COc1ccc2[nH]cc(CCNCc3cccc(Nc4ccccc4)c3)c2c1. The molecule has 0 bridgehead atoms. The lowest BCUT2D eigenvalue weighted by atomic mass is 10.1. The van der Waals surface area contributed by atoms with E-state index in [0.29, 0.717) is 0 Å². The molecule has 0 saturated carbocycles. The van der Waals surface area contributed by atoms with Gasteiger partial charge in [-0.05, 0) is 66.6 Å². The Balaban J connectivity index is 1.33. The standard InChI is InChI=1S/C24H25N3O/c1-28-22-10-11-24-23(15-22)19(17-26-24)12-13-25-16-18-6-5-9-21(14-18)27-20-7-3-2-4-8-20/h2-11,14-15,17,25-27H,12-13,16H2,1H3. The summed E-state index contributed by atoms with van der Waals surface area (Å²) in [6.07, 6.45) is 3.06. The van der Waals surface area contributed by atoms with E-state index in [4.69, 9.17) is 4.74 Å². The summed E-state index contributed by atoms with van der Waals surface area (Å²) < 4.78 is 5.35. The van der Waals surface area contributed by atoms with E-state index in [9.17, 15) is 0 Å². The Bertz CT molecular complexity index is 1040. The Morgan fingerprint density at radius 1 is 0.893 bits per heavy atom. The minimum Gasteiger partial charge on any atom is -0.497 e. The number of aromatic amines is 1. The zero-order valence-corrected chi connectivity index (χ0v) is 16.0. The van der Waals surface area contributed by atoms with Crippen molar-refractivity contribution in [2.45, 2.75) is 13.0 Å². The molecule has 0 aliphatic carbocycles. The van der Waals surface area contributed by atoms with Gasteiger partial charge in [0.15, 0.2) is 0 Å². The van der Waals surface area contributed by atoms with Crippen molar-refractivity contribution < 1.29 is 4.74 Å². The highest BCUT2D eigenvalue weighted by Crippen LogP contribution is 2.24. The Hall–Kier alpha value is -3.24. The molecule has 3 aromatic carbocycles. The lowest BCUT2D eigenvalue weighted by Crippen LogP contribution is -2.16. The van der Waals surface area contributed by atoms with Crippen LogP contribution >= 0.6 is 0 Å². The van der Waals surface area contributed by atoms with Gasteiger partial charge >= 0.3 is 0 Å². The normalized spacial score (nSPS) is 10.9. The van der Waals surface area contributed by atoms with E-state index in [2.05, 4.69) is 70.3 Å². The highest BCUT2D eigenvalue weighted by molar-refractivity contribution is 5.84. The number of anilines is 2. The molecular weight excluding hydrogens is 346 g/mol. The van der Waals surface area contributed by atoms with Crippen LogP contribution < -0.4 is 15.4 Å². The first-order valence-electron chi connectivity index (χ1n) is 9.57. The van der Waals surface area contributed by atoms with Gasteiger partial charge in [-0.1, -0.05) is 30.3 Å². The predicted octanol–water partition coefficient (Wildman–Crippen LogP) is 5.25. The number of rotatable bonds is 8. The third kappa shape index (κ3) is 4.35. The van der Waals surface area contributed by atoms with Crippen LogP contribution in [0.15, 0.2) is 79.0 Å². The van der Waals surface area contributed by atoms with Crippen molar-refractivity contribution in [1.82, 2.24) is 10.3 Å². The fourth-order valence-electron chi connectivity index (χ4n) is 3.39. The molecule has 1 heterocycles. The molecule has 4 rings (SSSR count). The number of methoxy groups -OCH3 is 1. The highest BCUT2D eigenvalue weighted by atomic mass is 16.5. The maximum atomic E-state index is 5.35. The number of hydrogen-bond donors (Lipinski definition) is 3. The van der Waals surface area contributed by atoms with E-state index in [0.717, 1.165) is 42.2 Å². The number of fused-ring (bicyclic) bond motifs is 1. The second-order valence-corrected chi connectivity index (χ2v) is 6.84. The van der Waals surface area contributed by atoms with Crippen LogP contribution in [0.3, 0.4) is 0 Å². The number of nitrogens with one attached hydrogen (secondary N) is 3. The van der Waals surface area contributed by atoms with Crippen molar-refractivity contribution in [3.05, 3.63) is 90.1 Å². The van der Waals surface area contributed by atoms with Crippen molar-refractivity contribution >= 4 is 22.3 Å². The van der Waals surface area contributed by atoms with Gasteiger partial charge in [0.1, 0.15) is 5.75 Å². The quantitative estimate of drug-likeness (QED) is 0.371. The third-order valence-electron chi connectivity index (χ3n) is 4.86. The second kappa shape index (κ2) is 8.63. The molecule has 0 fully saturated rings. The van der Waals surface area contributed by atoms with Crippen LogP contribution in [0.4, 0.5) is 11.4 Å². The van der Waals surface area contributed by atoms with Crippen LogP contribution in [0.1, 0.15) is 11.1 Å². The van der Waals surface area contributed by atoms with Gasteiger partial charge in [-0.15, -0.1) is 0 Å². The molecule has 28 heavy (non-hydrogen) atoms. The van der Waals surface area contributed by atoms with E-state index < -0.39 is 0 Å². The minimum atomic E-state index is 0.843. The molecule has 0 aliphatic rings. The first kappa shape index (κ1) is 18.1. The Kier molecular flexibility index (Phi) is 5.59. The summed E-state index contributed by atoms with van der Waals surface area (Å²) in [7, 11) is 1.70. The molecule has 1 aromatic heterocycles. The number of aromatic nitrogens is 1. The fraction of sp³-hybridized carbons (Fsp3) is 0.167. The zero-order chi connectivity index (χ0) is 19.2. The number of para-hydroxylation sites is 1. The van der Waals surface area contributed by atoms with Gasteiger partial charge in [0, 0.05) is 35.0 Å². The number of hydrogen-bond acceptors (Lipinski definition) is 3. The van der Waals surface area contributed by atoms with Gasteiger partial charge in [0.2, 0.25) is 0 Å². The third-order valence-corrected chi connectivity index (χ3v) is 4.86. The summed E-state index contributed by atoms with van der Waals surface area (Å²) in [5, 5.41) is 8.23. The fourth-order valence-corrected chi connectivity index (χ4v) is 3.39. The van der Waals surface area contributed by atoms with Gasteiger partial charge in [0.25, 0.3) is 0 Å². The van der Waals surface area contributed by atoms with Gasteiger partial charge in [-0.25, -0.2) is 0 Å². The van der Waals surface area contributed by atoms with Crippen LogP contribution in [0.5, 0.6) is 5.75 Å². The van der Waals surface area contributed by atoms with Crippen LogP contribution in [0.25, 0.3) is 10.9 Å². The average molecular weight is 371 g/mol. The predicted molar refractivity (Wildman–Crippen MR) is 116 cm³/mol. The van der Waals surface area contributed by atoms with Crippen molar-refractivity contribution in [1.29, 1.82) is 0 Å². The topological polar surface area (TPSA) is 49.1 Å². The van der Waals surface area contributed by atoms with E-state index in [1.165, 1.54) is 16.5 Å². The summed E-state index contributed by atoms with van der Waals surface area (Å²) >= 11 is 0. The molecule has 3 N–H and O–H groups in total. The Morgan fingerprint density at radius 3 is 2.61 bits per heavy atom. The van der Waals surface area contributed by atoms with Gasteiger partial charge in [-0.2, -0.15) is 0 Å². The molecule has 0 unspecified atom stereocenters. The first-order valence-corrected chi connectivity index (χ1v) is 9.57. The van der Waals surface area contributed by atoms with Crippen LogP contribution in [-0.4, -0.2) is 18.6 Å². The molecule has 0 saturated heterocycles. The summed E-state index contributed by atoms with van der Waals surface area (Å²) in [6.45, 7) is 1.76. The summed E-state index contributed by atoms with van der Waals surface area (Å²) in [6, 6.07) is 24.9. The van der Waals surface area contributed by atoms with E-state index in [1.807, 2.05) is 24.3 Å². The van der Waals surface area contributed by atoms with Crippen molar-refractivity contribution in [2.24, 2.45) is 0 Å². The molecule has 0 spiro atoms. The largest absolute Gasteiger partial charge is 0.497 e. The minimum absolute atomic E-state index is 0.843. The molecular formula is C24H25N3O. The van der Waals surface area contributed by atoms with Gasteiger partial charge < -0.3 is 20.4 Å². The summed E-state index contributed by atoms with van der Waals surface area (Å²) in [5.74, 6) is 0.893. The van der Waals surface area contributed by atoms with Crippen molar-refractivity contribution in [3.63, 3.8) is 0 Å². The zero-order valence-electron chi connectivity index (χ0n) is 16.0. The van der Waals surface area contributed by atoms with E-state index in [-0.39, 0.29) is 0 Å². The van der Waals surface area contributed by atoms with Crippen molar-refractivity contribution in [2.75, 3.05) is 19.0 Å². The molecule has 4 heteroatoms. The van der Waals surface area contributed by atoms with Crippen LogP contribution in [0.2, 0.25) is 0 Å². The number of H-pyrrole nitrogens is 1. The van der Waals surface area contributed by atoms with Crippen molar-refractivity contribution in [3.8, 4) is 5.75 Å². The Morgan fingerprint density at radius 2 is 1.75 bits per heavy atom. The monoisotopic (exact) mass is 371 g/mol. The second-order valence-electron chi connectivity index (χ2n) is 6.84. The Labute approximate surface area is 165 Å². The van der Waals surface area contributed by atoms with Crippen LogP contribution in [0, 0.1) is 0 Å². The molecule has 4 aromatic rings. The maximum absolute atomic E-state index is 5.35. The molecule has 0 radical (unpaired) electrons. The molecule has 142 valence electrons. The molecule has 0 amide bonds. The van der Waals surface area contributed by atoms with Crippen LogP contribution in [-0.2, 0) is 13.0 Å². The van der Waals surface area contributed by atoms with E-state index >= 15 is 0 Å². The summed E-state index contributed by atoms with van der Waals surface area (Å²) in [5.41, 5.74) is 5.93. The van der Waals surface area contributed by atoms with Gasteiger partial charge in [0.05, 0.1) is 7.11 Å². The molecule has 0 aliphatic heterocycles. The maximum Gasteiger partial charge on any atom is 0.119 e. The lowest BCUT2D eigenvalue weighted by Gasteiger charge is -2.09. The molecule has 4 nitrogen and oxygen atoms in total. The average Bonchev–Trinajstić information content (AvgIpc) is 3.14.